The first-order valence-electron chi connectivity index (χ1n) is 3.80. The average Bonchev–Trinajstić information content (AvgIpc) is 2.12. The number of hydrogen-bond donors (Lipinski definition) is 2. The molecule has 0 radical (unpaired) electrons. The molecule has 0 saturated heterocycles. The molecule has 1 atom stereocenters. The van der Waals surface area contributed by atoms with Crippen LogP contribution in [0.4, 0.5) is 0 Å². The molecule has 2 N–H and O–H groups in total. The van der Waals surface area contributed by atoms with Gasteiger partial charge in [-0.05, 0) is 18.6 Å². The Kier molecular flexibility index (Phi) is 3.37. The summed E-state index contributed by atoms with van der Waals surface area (Å²) in [4.78, 5) is 10.5. The van der Waals surface area contributed by atoms with E-state index in [0.29, 0.717) is 5.56 Å². The third kappa shape index (κ3) is 2.00. The lowest BCUT2D eigenvalue weighted by atomic mass is 10.1. The maximum absolute atomic E-state index is 10.5. The zero-order chi connectivity index (χ0) is 10.9. The smallest absolute Gasteiger partial charge is 0.337 e. The third-order valence-electron chi connectivity index (χ3n) is 1.83. The number of aliphatic hydroxyl groups excluding tert-OH is 1. The SMILES string of the molecule is Cc1ccc(Cl)c(C(O)C(=O)O)c1Cl. The number of carbonyl (C=O) groups is 1. The summed E-state index contributed by atoms with van der Waals surface area (Å²) in [5, 5.41) is 18.3. The standard InChI is InChI=1S/C9H8Cl2O3/c1-4-2-3-5(10)6(7(4)11)8(12)9(13)14/h2-3,8,12H,1H3,(H,13,14). The van der Waals surface area contributed by atoms with Crippen molar-refractivity contribution < 1.29 is 15.0 Å². The largest absolute Gasteiger partial charge is 0.479 e. The number of aliphatic carboxylic acids is 1. The fourth-order valence-corrected chi connectivity index (χ4v) is 1.63. The first-order valence-corrected chi connectivity index (χ1v) is 4.56. The molecular formula is C9H8Cl2O3. The van der Waals surface area contributed by atoms with E-state index in [9.17, 15) is 9.90 Å². The van der Waals surface area contributed by atoms with Crippen molar-refractivity contribution >= 4 is 29.2 Å². The number of aryl methyl sites for hydroxylation is 1. The lowest BCUT2D eigenvalue weighted by molar-refractivity contribution is -0.146. The summed E-state index contributed by atoms with van der Waals surface area (Å²) < 4.78 is 0. The predicted molar refractivity (Wildman–Crippen MR) is 53.8 cm³/mol. The molecule has 1 rings (SSSR count). The minimum atomic E-state index is -1.69. The van der Waals surface area contributed by atoms with Crippen LogP contribution in [0.25, 0.3) is 0 Å². The van der Waals surface area contributed by atoms with Gasteiger partial charge in [-0.25, -0.2) is 4.79 Å². The summed E-state index contributed by atoms with van der Waals surface area (Å²) in [5.41, 5.74) is 0.715. The summed E-state index contributed by atoms with van der Waals surface area (Å²) in [6, 6.07) is 3.16. The normalized spacial score (nSPS) is 12.6. The zero-order valence-corrected chi connectivity index (χ0v) is 8.80. The van der Waals surface area contributed by atoms with E-state index >= 15 is 0 Å². The van der Waals surface area contributed by atoms with Crippen molar-refractivity contribution in [2.45, 2.75) is 13.0 Å². The molecular weight excluding hydrogens is 227 g/mol. The Morgan fingerprint density at radius 1 is 1.43 bits per heavy atom. The summed E-state index contributed by atoms with van der Waals surface area (Å²) in [7, 11) is 0. The van der Waals surface area contributed by atoms with Crippen molar-refractivity contribution in [3.63, 3.8) is 0 Å². The lowest BCUT2D eigenvalue weighted by Gasteiger charge is -2.11. The fraction of sp³-hybridized carbons (Fsp3) is 0.222. The lowest BCUT2D eigenvalue weighted by Crippen LogP contribution is -2.12. The molecule has 0 bridgehead atoms. The Morgan fingerprint density at radius 2 is 2.00 bits per heavy atom. The van der Waals surface area contributed by atoms with E-state index in [2.05, 4.69) is 0 Å². The van der Waals surface area contributed by atoms with Crippen LogP contribution in [0, 0.1) is 6.92 Å². The number of carboxylic acids is 1. The van der Waals surface area contributed by atoms with Gasteiger partial charge in [0.15, 0.2) is 6.10 Å². The van der Waals surface area contributed by atoms with Gasteiger partial charge in [-0.2, -0.15) is 0 Å². The van der Waals surface area contributed by atoms with Crippen molar-refractivity contribution in [2.24, 2.45) is 0 Å². The van der Waals surface area contributed by atoms with Gasteiger partial charge in [-0.1, -0.05) is 29.3 Å². The molecule has 0 aliphatic heterocycles. The van der Waals surface area contributed by atoms with Crippen molar-refractivity contribution in [2.75, 3.05) is 0 Å². The number of aliphatic hydroxyl groups is 1. The second kappa shape index (κ2) is 4.17. The van der Waals surface area contributed by atoms with Crippen molar-refractivity contribution in [3.8, 4) is 0 Å². The first-order chi connectivity index (χ1) is 6.45. The maximum atomic E-state index is 10.5. The van der Waals surface area contributed by atoms with Crippen LogP contribution in [-0.4, -0.2) is 16.2 Å². The van der Waals surface area contributed by atoms with Crippen LogP contribution >= 0.6 is 23.2 Å². The van der Waals surface area contributed by atoms with Crippen LogP contribution in [0.5, 0.6) is 0 Å². The summed E-state index contributed by atoms with van der Waals surface area (Å²) >= 11 is 11.6. The van der Waals surface area contributed by atoms with Crippen LogP contribution in [0.3, 0.4) is 0 Å². The minimum Gasteiger partial charge on any atom is -0.479 e. The van der Waals surface area contributed by atoms with Gasteiger partial charge in [0.2, 0.25) is 0 Å². The Balaban J connectivity index is 3.32. The number of rotatable bonds is 2. The highest BCUT2D eigenvalue weighted by Crippen LogP contribution is 2.32. The number of benzene rings is 1. The van der Waals surface area contributed by atoms with Gasteiger partial charge in [-0.15, -0.1) is 0 Å². The number of halogens is 2. The van der Waals surface area contributed by atoms with E-state index in [4.69, 9.17) is 28.3 Å². The molecule has 3 nitrogen and oxygen atoms in total. The van der Waals surface area contributed by atoms with Crippen LogP contribution in [0.15, 0.2) is 12.1 Å². The van der Waals surface area contributed by atoms with E-state index < -0.39 is 12.1 Å². The second-order valence-electron chi connectivity index (χ2n) is 2.83. The molecule has 1 unspecified atom stereocenters. The molecule has 0 aromatic heterocycles. The van der Waals surface area contributed by atoms with E-state index in [0.717, 1.165) is 0 Å². The van der Waals surface area contributed by atoms with Gasteiger partial charge in [0.05, 0.1) is 5.02 Å². The molecule has 0 fully saturated rings. The topological polar surface area (TPSA) is 57.5 Å². The molecule has 0 aliphatic rings. The van der Waals surface area contributed by atoms with Crippen LogP contribution in [-0.2, 0) is 4.79 Å². The Labute approximate surface area is 90.9 Å². The van der Waals surface area contributed by atoms with Crippen molar-refractivity contribution in [3.05, 3.63) is 33.3 Å². The van der Waals surface area contributed by atoms with E-state index in [-0.39, 0.29) is 15.6 Å². The highest BCUT2D eigenvalue weighted by molar-refractivity contribution is 6.36. The Bertz CT molecular complexity index is 377. The summed E-state index contributed by atoms with van der Waals surface area (Å²) in [5.74, 6) is -1.38. The quantitative estimate of drug-likeness (QED) is 0.827. The highest BCUT2D eigenvalue weighted by Gasteiger charge is 2.22. The van der Waals surface area contributed by atoms with Gasteiger partial charge in [0, 0.05) is 10.6 Å². The van der Waals surface area contributed by atoms with Crippen molar-refractivity contribution in [1.29, 1.82) is 0 Å². The molecule has 0 amide bonds. The minimum absolute atomic E-state index is 0.0424. The molecule has 14 heavy (non-hydrogen) atoms. The van der Waals surface area contributed by atoms with E-state index in [1.165, 1.54) is 6.07 Å². The molecule has 76 valence electrons. The van der Waals surface area contributed by atoms with Crippen LogP contribution in [0.1, 0.15) is 17.2 Å². The second-order valence-corrected chi connectivity index (χ2v) is 3.62. The van der Waals surface area contributed by atoms with Gasteiger partial charge in [0.25, 0.3) is 0 Å². The number of hydrogen-bond acceptors (Lipinski definition) is 2. The Morgan fingerprint density at radius 3 is 2.50 bits per heavy atom. The van der Waals surface area contributed by atoms with Crippen LogP contribution in [0.2, 0.25) is 10.0 Å². The van der Waals surface area contributed by atoms with Gasteiger partial charge < -0.3 is 10.2 Å². The van der Waals surface area contributed by atoms with Crippen molar-refractivity contribution in [1.82, 2.24) is 0 Å². The molecule has 0 heterocycles. The predicted octanol–water partition coefficient (Wildman–Crippen LogP) is 2.42. The first kappa shape index (κ1) is 11.3. The fourth-order valence-electron chi connectivity index (χ4n) is 1.05. The average molecular weight is 235 g/mol. The monoisotopic (exact) mass is 234 g/mol. The number of carboxylic acid groups (broad SMARTS) is 1. The highest BCUT2D eigenvalue weighted by atomic mass is 35.5. The third-order valence-corrected chi connectivity index (χ3v) is 2.66. The molecule has 5 heteroatoms. The summed E-state index contributed by atoms with van der Waals surface area (Å²) in [6.07, 6.45) is -1.69. The maximum Gasteiger partial charge on any atom is 0.337 e. The molecule has 1 aromatic rings. The van der Waals surface area contributed by atoms with Gasteiger partial charge in [0.1, 0.15) is 0 Å². The summed E-state index contributed by atoms with van der Waals surface area (Å²) in [6.45, 7) is 1.71. The van der Waals surface area contributed by atoms with E-state index in [1.807, 2.05) is 0 Å². The van der Waals surface area contributed by atoms with Gasteiger partial charge in [-0.3, -0.25) is 0 Å². The molecule has 0 saturated carbocycles. The van der Waals surface area contributed by atoms with Crippen LogP contribution < -0.4 is 0 Å². The molecule has 0 spiro atoms. The Hall–Kier alpha value is -0.770. The van der Waals surface area contributed by atoms with E-state index in [1.54, 1.807) is 13.0 Å². The zero-order valence-electron chi connectivity index (χ0n) is 7.29. The van der Waals surface area contributed by atoms with Gasteiger partial charge >= 0.3 is 5.97 Å². The molecule has 1 aromatic carbocycles. The molecule has 0 aliphatic carbocycles.